The fourth-order valence-electron chi connectivity index (χ4n) is 0.521. The van der Waals surface area contributed by atoms with Gasteiger partial charge in [-0.15, -0.1) is 17.5 Å². The van der Waals surface area contributed by atoms with Gasteiger partial charge in [-0.05, 0) is 6.42 Å². The molecule has 0 spiro atoms. The van der Waals surface area contributed by atoms with E-state index in [1.807, 2.05) is 6.92 Å². The summed E-state index contributed by atoms with van der Waals surface area (Å²) in [4.78, 5) is 0. The van der Waals surface area contributed by atoms with Gasteiger partial charge in [0.2, 0.25) is 0 Å². The number of halogens is 1. The molecular formula is C4H9ClN4. The molecule has 0 aliphatic rings. The predicted octanol–water partition coefficient (Wildman–Crippen LogP) is 0.371. The molecule has 0 saturated carbocycles. The molecule has 5 heteroatoms. The maximum atomic E-state index is 5.35. The molecule has 0 saturated heterocycles. The maximum Gasteiger partial charge on any atom is 0.168 e. The standard InChI is InChI=1S/C4H8N4.ClH/c1-2-3-4(5)7-8-6-3;/h2H2,1H3,(H3,5,6,7,8);1H. The molecule has 1 rings (SSSR count). The Labute approximate surface area is 59.2 Å². The molecule has 4 nitrogen and oxygen atoms in total. The summed E-state index contributed by atoms with van der Waals surface area (Å²) in [6, 6.07) is 0. The van der Waals surface area contributed by atoms with Crippen LogP contribution in [-0.2, 0) is 6.42 Å². The molecule has 1 aromatic heterocycles. The van der Waals surface area contributed by atoms with Crippen molar-refractivity contribution in [1.29, 1.82) is 0 Å². The molecule has 52 valence electrons. The van der Waals surface area contributed by atoms with Crippen LogP contribution < -0.4 is 5.73 Å². The van der Waals surface area contributed by atoms with E-state index in [2.05, 4.69) is 15.4 Å². The van der Waals surface area contributed by atoms with E-state index < -0.39 is 0 Å². The van der Waals surface area contributed by atoms with Gasteiger partial charge in [0.15, 0.2) is 5.82 Å². The van der Waals surface area contributed by atoms with Gasteiger partial charge in [0, 0.05) is 0 Å². The summed E-state index contributed by atoms with van der Waals surface area (Å²) in [5.74, 6) is 0.507. The quantitative estimate of drug-likeness (QED) is 0.605. The van der Waals surface area contributed by atoms with E-state index in [1.165, 1.54) is 0 Å². The summed E-state index contributed by atoms with van der Waals surface area (Å²) in [6.07, 6.45) is 0.836. The Morgan fingerprint density at radius 1 is 1.56 bits per heavy atom. The zero-order valence-corrected chi connectivity index (χ0v) is 5.90. The van der Waals surface area contributed by atoms with Gasteiger partial charge >= 0.3 is 0 Å². The summed E-state index contributed by atoms with van der Waals surface area (Å²) in [7, 11) is 0. The second kappa shape index (κ2) is 3.29. The van der Waals surface area contributed by atoms with E-state index in [0.29, 0.717) is 5.82 Å². The zero-order chi connectivity index (χ0) is 5.98. The second-order valence-electron chi connectivity index (χ2n) is 1.51. The minimum atomic E-state index is 0. The topological polar surface area (TPSA) is 67.6 Å². The molecule has 0 aliphatic heterocycles. The molecule has 0 bridgehead atoms. The van der Waals surface area contributed by atoms with Crippen LogP contribution in [0.4, 0.5) is 5.82 Å². The first-order valence-corrected chi connectivity index (χ1v) is 2.49. The Bertz CT molecular complexity index is 173. The van der Waals surface area contributed by atoms with Gasteiger partial charge in [0.1, 0.15) is 5.69 Å². The van der Waals surface area contributed by atoms with Crippen LogP contribution in [0.15, 0.2) is 0 Å². The number of nitrogens with zero attached hydrogens (tertiary/aromatic N) is 2. The number of rotatable bonds is 1. The van der Waals surface area contributed by atoms with Crippen molar-refractivity contribution >= 4 is 18.2 Å². The molecule has 1 aromatic rings. The van der Waals surface area contributed by atoms with E-state index in [9.17, 15) is 0 Å². The van der Waals surface area contributed by atoms with Crippen LogP contribution in [0.3, 0.4) is 0 Å². The highest BCUT2D eigenvalue weighted by atomic mass is 35.5. The number of hydrogen-bond donors (Lipinski definition) is 2. The molecular weight excluding hydrogens is 140 g/mol. The summed E-state index contributed by atoms with van der Waals surface area (Å²) in [5, 5.41) is 9.83. The predicted molar refractivity (Wildman–Crippen MR) is 37.4 cm³/mol. The van der Waals surface area contributed by atoms with Gasteiger partial charge < -0.3 is 5.73 Å². The lowest BCUT2D eigenvalue weighted by atomic mass is 10.3. The van der Waals surface area contributed by atoms with E-state index in [1.54, 1.807) is 0 Å². The number of hydrogen-bond acceptors (Lipinski definition) is 3. The first kappa shape index (κ1) is 8.23. The fourth-order valence-corrected chi connectivity index (χ4v) is 0.521. The van der Waals surface area contributed by atoms with Crippen molar-refractivity contribution in [1.82, 2.24) is 15.4 Å². The highest BCUT2D eigenvalue weighted by Gasteiger charge is 1.96. The Morgan fingerprint density at radius 2 is 2.22 bits per heavy atom. The average Bonchev–Trinajstić information content (AvgIpc) is 2.14. The van der Waals surface area contributed by atoms with Gasteiger partial charge in [-0.1, -0.05) is 6.92 Å². The van der Waals surface area contributed by atoms with Crippen molar-refractivity contribution in [2.24, 2.45) is 0 Å². The molecule has 0 fully saturated rings. The minimum absolute atomic E-state index is 0. The summed E-state index contributed by atoms with van der Waals surface area (Å²) in [5.41, 5.74) is 6.18. The van der Waals surface area contributed by atoms with E-state index in [-0.39, 0.29) is 12.4 Å². The zero-order valence-electron chi connectivity index (χ0n) is 5.09. The fraction of sp³-hybridized carbons (Fsp3) is 0.500. The van der Waals surface area contributed by atoms with Crippen molar-refractivity contribution in [2.75, 3.05) is 5.73 Å². The van der Waals surface area contributed by atoms with Crippen LogP contribution in [-0.4, -0.2) is 15.4 Å². The van der Waals surface area contributed by atoms with Gasteiger partial charge in [0.05, 0.1) is 0 Å². The highest BCUT2D eigenvalue weighted by molar-refractivity contribution is 5.85. The Kier molecular flexibility index (Phi) is 3.01. The van der Waals surface area contributed by atoms with Gasteiger partial charge in [-0.2, -0.15) is 10.3 Å². The van der Waals surface area contributed by atoms with Crippen LogP contribution in [0, 0.1) is 0 Å². The normalized spacial score (nSPS) is 8.56. The molecule has 0 amide bonds. The lowest BCUT2D eigenvalue weighted by Crippen LogP contribution is -1.89. The largest absolute Gasteiger partial charge is 0.381 e. The van der Waals surface area contributed by atoms with Crippen LogP contribution in [0.1, 0.15) is 12.6 Å². The number of aromatic nitrogens is 3. The molecule has 3 N–H and O–H groups in total. The molecule has 0 aliphatic carbocycles. The van der Waals surface area contributed by atoms with Crippen molar-refractivity contribution in [3.05, 3.63) is 5.69 Å². The number of nitrogens with two attached hydrogens (primary N) is 1. The minimum Gasteiger partial charge on any atom is -0.381 e. The summed E-state index contributed by atoms with van der Waals surface area (Å²) >= 11 is 0. The van der Waals surface area contributed by atoms with Crippen LogP contribution >= 0.6 is 12.4 Å². The highest BCUT2D eigenvalue weighted by Crippen LogP contribution is 2.00. The van der Waals surface area contributed by atoms with E-state index in [0.717, 1.165) is 12.1 Å². The lowest BCUT2D eigenvalue weighted by Gasteiger charge is -1.83. The van der Waals surface area contributed by atoms with Crippen molar-refractivity contribution in [3.63, 3.8) is 0 Å². The third kappa shape index (κ3) is 1.57. The third-order valence-electron chi connectivity index (χ3n) is 0.986. The van der Waals surface area contributed by atoms with Crippen molar-refractivity contribution < 1.29 is 0 Å². The molecule has 0 radical (unpaired) electrons. The Hall–Kier alpha value is -0.770. The monoisotopic (exact) mass is 148 g/mol. The second-order valence-corrected chi connectivity index (χ2v) is 1.51. The first-order chi connectivity index (χ1) is 3.84. The lowest BCUT2D eigenvalue weighted by molar-refractivity contribution is 0.909. The number of H-pyrrole nitrogens is 1. The van der Waals surface area contributed by atoms with Crippen LogP contribution in [0.5, 0.6) is 0 Å². The van der Waals surface area contributed by atoms with Crippen molar-refractivity contribution in [2.45, 2.75) is 13.3 Å². The number of nitrogens with one attached hydrogen (secondary N) is 1. The van der Waals surface area contributed by atoms with Crippen LogP contribution in [0.2, 0.25) is 0 Å². The van der Waals surface area contributed by atoms with Gasteiger partial charge in [-0.3, -0.25) is 0 Å². The Balaban J connectivity index is 0.000000640. The van der Waals surface area contributed by atoms with Crippen LogP contribution in [0.25, 0.3) is 0 Å². The summed E-state index contributed by atoms with van der Waals surface area (Å²) in [6.45, 7) is 1.98. The smallest absolute Gasteiger partial charge is 0.168 e. The van der Waals surface area contributed by atoms with Crippen molar-refractivity contribution in [3.8, 4) is 0 Å². The maximum absolute atomic E-state index is 5.35. The molecule has 9 heavy (non-hydrogen) atoms. The summed E-state index contributed by atoms with van der Waals surface area (Å²) < 4.78 is 0. The molecule has 0 aromatic carbocycles. The SMILES string of the molecule is CCc1n[nH]nc1N.Cl. The van der Waals surface area contributed by atoms with Gasteiger partial charge in [-0.25, -0.2) is 0 Å². The molecule has 1 heterocycles. The number of aryl methyl sites for hydroxylation is 1. The number of aromatic amines is 1. The number of nitrogen functional groups attached to an aromatic ring is 1. The third-order valence-corrected chi connectivity index (χ3v) is 0.986. The molecule has 0 unspecified atom stereocenters. The molecule has 0 atom stereocenters. The average molecular weight is 149 g/mol. The van der Waals surface area contributed by atoms with Gasteiger partial charge in [0.25, 0.3) is 0 Å². The number of anilines is 1. The first-order valence-electron chi connectivity index (χ1n) is 2.49. The van der Waals surface area contributed by atoms with E-state index >= 15 is 0 Å². The van der Waals surface area contributed by atoms with E-state index in [4.69, 9.17) is 5.73 Å². The Morgan fingerprint density at radius 3 is 2.44 bits per heavy atom.